The van der Waals surface area contributed by atoms with Crippen molar-refractivity contribution in [2.75, 3.05) is 4.90 Å². The van der Waals surface area contributed by atoms with Crippen LogP contribution < -0.4 is 4.90 Å². The van der Waals surface area contributed by atoms with E-state index in [1.807, 2.05) is 6.08 Å². The van der Waals surface area contributed by atoms with Gasteiger partial charge in [-0.2, -0.15) is 0 Å². The number of allylic oxidation sites excluding steroid dienone is 2. The molecule has 2 aromatic rings. The molecule has 1 amide bonds. The molecule has 1 fully saturated rings. The Morgan fingerprint density at radius 1 is 1.10 bits per heavy atom. The number of benzene rings is 2. The van der Waals surface area contributed by atoms with Crippen LogP contribution in [0.3, 0.4) is 0 Å². The third kappa shape index (κ3) is 4.16. The molecule has 1 aliphatic heterocycles. The Bertz CT molecular complexity index is 1040. The van der Waals surface area contributed by atoms with Crippen LogP contribution in [-0.2, 0) is 4.79 Å². The predicted octanol–water partition coefficient (Wildman–Crippen LogP) is 4.99. The number of anilines is 1. The highest BCUT2D eigenvalue weighted by atomic mass is 19.1. The fraction of sp³-hybridized carbons (Fsp3) is 0.240. The van der Waals surface area contributed by atoms with Gasteiger partial charge in [-0.05, 0) is 67.0 Å². The molecule has 0 aromatic heterocycles. The molecule has 2 aromatic carbocycles. The fourth-order valence-corrected chi connectivity index (χ4v) is 4.32. The van der Waals surface area contributed by atoms with Crippen molar-refractivity contribution in [1.82, 2.24) is 0 Å². The molecule has 2 N–H and O–H groups in total. The Labute approximate surface area is 179 Å². The molecule has 4 nitrogen and oxygen atoms in total. The van der Waals surface area contributed by atoms with E-state index in [9.17, 15) is 23.8 Å². The number of aliphatic hydroxyl groups excluding tert-OH is 2. The van der Waals surface area contributed by atoms with Crippen molar-refractivity contribution < 1.29 is 23.8 Å². The second-order valence-electron chi connectivity index (χ2n) is 7.97. The molecule has 0 saturated carbocycles. The zero-order chi connectivity index (χ0) is 22.1. The SMILES string of the molecule is C=C(C[C@H](O)c1ccc(F)cc1)[C@H]1C(=O)N(c2ccc(F)cc2)[C@@H]1C1C=CC(O)=CC1. The number of hydrogen-bond acceptors (Lipinski definition) is 3. The molecular weight excluding hydrogens is 400 g/mol. The largest absolute Gasteiger partial charge is 0.508 e. The topological polar surface area (TPSA) is 60.8 Å². The molecule has 1 unspecified atom stereocenters. The third-order valence-electron chi connectivity index (χ3n) is 5.95. The van der Waals surface area contributed by atoms with Gasteiger partial charge in [0.1, 0.15) is 17.4 Å². The molecule has 4 atom stereocenters. The lowest BCUT2D eigenvalue weighted by molar-refractivity contribution is -0.129. The molecule has 31 heavy (non-hydrogen) atoms. The summed E-state index contributed by atoms with van der Waals surface area (Å²) >= 11 is 0. The molecule has 6 heteroatoms. The van der Waals surface area contributed by atoms with Gasteiger partial charge in [-0.3, -0.25) is 4.79 Å². The van der Waals surface area contributed by atoms with Crippen molar-refractivity contribution in [1.29, 1.82) is 0 Å². The van der Waals surface area contributed by atoms with Gasteiger partial charge < -0.3 is 15.1 Å². The van der Waals surface area contributed by atoms with Gasteiger partial charge in [0.2, 0.25) is 5.91 Å². The van der Waals surface area contributed by atoms with Gasteiger partial charge in [0.05, 0.1) is 18.1 Å². The van der Waals surface area contributed by atoms with Crippen molar-refractivity contribution in [2.45, 2.75) is 25.0 Å². The number of rotatable bonds is 6. The molecule has 1 heterocycles. The Kier molecular flexibility index (Phi) is 5.74. The maximum atomic E-state index is 13.4. The van der Waals surface area contributed by atoms with Gasteiger partial charge in [-0.25, -0.2) is 8.78 Å². The van der Waals surface area contributed by atoms with E-state index in [0.717, 1.165) is 0 Å². The van der Waals surface area contributed by atoms with E-state index in [-0.39, 0.29) is 41.7 Å². The van der Waals surface area contributed by atoms with Crippen molar-refractivity contribution in [2.24, 2.45) is 11.8 Å². The Morgan fingerprint density at radius 3 is 2.29 bits per heavy atom. The fourth-order valence-electron chi connectivity index (χ4n) is 4.32. The molecule has 0 bridgehead atoms. The van der Waals surface area contributed by atoms with Crippen molar-refractivity contribution in [3.8, 4) is 0 Å². The van der Waals surface area contributed by atoms with Crippen LogP contribution in [0.25, 0.3) is 0 Å². The lowest BCUT2D eigenvalue weighted by atomic mass is 9.71. The maximum Gasteiger partial charge on any atom is 0.236 e. The molecule has 0 spiro atoms. The van der Waals surface area contributed by atoms with Crippen LogP contribution in [0, 0.1) is 23.5 Å². The lowest BCUT2D eigenvalue weighted by Crippen LogP contribution is -2.64. The van der Waals surface area contributed by atoms with Gasteiger partial charge in [0.15, 0.2) is 0 Å². The van der Waals surface area contributed by atoms with E-state index >= 15 is 0 Å². The highest BCUT2D eigenvalue weighted by molar-refractivity contribution is 6.05. The van der Waals surface area contributed by atoms with Crippen LogP contribution in [0.15, 0.2) is 84.7 Å². The first-order valence-electron chi connectivity index (χ1n) is 10.1. The van der Waals surface area contributed by atoms with Crippen molar-refractivity contribution >= 4 is 11.6 Å². The standard InChI is InChI=1S/C25H23F2NO3/c1-15(14-22(30)16-2-6-18(26)7-3-16)23-24(17-4-12-21(29)13-5-17)28(25(23)31)20-10-8-19(27)9-11-20/h2-4,6-13,17,22-24,29-30H,1,5,14H2/t17?,22-,23+,24+/m0/s1. The quantitative estimate of drug-likeness (QED) is 0.508. The summed E-state index contributed by atoms with van der Waals surface area (Å²) in [6, 6.07) is 11.0. The number of aliphatic hydroxyl groups is 2. The van der Waals surface area contributed by atoms with Crippen LogP contribution in [0.4, 0.5) is 14.5 Å². The van der Waals surface area contributed by atoms with Crippen LogP contribution >= 0.6 is 0 Å². The molecule has 4 rings (SSSR count). The smallest absolute Gasteiger partial charge is 0.236 e. The van der Waals surface area contributed by atoms with Crippen LogP contribution in [0.5, 0.6) is 0 Å². The summed E-state index contributed by atoms with van der Waals surface area (Å²) in [5, 5.41) is 20.3. The number of nitrogens with zero attached hydrogens (tertiary/aromatic N) is 1. The third-order valence-corrected chi connectivity index (χ3v) is 5.95. The van der Waals surface area contributed by atoms with Crippen molar-refractivity contribution in [3.63, 3.8) is 0 Å². The summed E-state index contributed by atoms with van der Waals surface area (Å²) in [5.74, 6) is -1.36. The zero-order valence-corrected chi connectivity index (χ0v) is 16.8. The summed E-state index contributed by atoms with van der Waals surface area (Å²) in [5.41, 5.74) is 1.72. The number of halogens is 2. The number of β-lactam (4-membered cyclic amide) rings is 1. The van der Waals surface area contributed by atoms with E-state index in [1.54, 1.807) is 29.2 Å². The predicted molar refractivity (Wildman–Crippen MR) is 114 cm³/mol. The highest BCUT2D eigenvalue weighted by Crippen LogP contribution is 2.44. The molecule has 1 saturated heterocycles. The normalized spacial score (nSPS) is 23.8. The second-order valence-corrected chi connectivity index (χ2v) is 7.97. The number of hydrogen-bond donors (Lipinski definition) is 2. The van der Waals surface area contributed by atoms with Crippen LogP contribution in [0.2, 0.25) is 0 Å². The lowest BCUT2D eigenvalue weighted by Gasteiger charge is -2.51. The van der Waals surface area contributed by atoms with Gasteiger partial charge in [0.25, 0.3) is 0 Å². The molecule has 160 valence electrons. The molecule has 1 aliphatic carbocycles. The highest BCUT2D eigenvalue weighted by Gasteiger charge is 2.52. The summed E-state index contributed by atoms with van der Waals surface area (Å²) in [6.45, 7) is 4.08. The first-order chi connectivity index (χ1) is 14.8. The molecular formula is C25H23F2NO3. The van der Waals surface area contributed by atoms with E-state index in [4.69, 9.17) is 0 Å². The first kappa shape index (κ1) is 21.0. The summed E-state index contributed by atoms with van der Waals surface area (Å²) in [7, 11) is 0. The summed E-state index contributed by atoms with van der Waals surface area (Å²) in [4.78, 5) is 14.7. The van der Waals surface area contributed by atoms with Gasteiger partial charge >= 0.3 is 0 Å². The minimum Gasteiger partial charge on any atom is -0.508 e. The van der Waals surface area contributed by atoms with E-state index in [1.165, 1.54) is 36.4 Å². The summed E-state index contributed by atoms with van der Waals surface area (Å²) < 4.78 is 26.6. The Balaban J connectivity index is 1.57. The number of carbonyl (C=O) groups is 1. The van der Waals surface area contributed by atoms with E-state index in [2.05, 4.69) is 6.58 Å². The Hall–Kier alpha value is -3.25. The summed E-state index contributed by atoms with van der Waals surface area (Å²) in [6.07, 6.45) is 4.96. The molecule has 2 aliphatic rings. The van der Waals surface area contributed by atoms with Crippen LogP contribution in [-0.4, -0.2) is 22.2 Å². The van der Waals surface area contributed by atoms with Crippen molar-refractivity contribution in [3.05, 3.63) is 102 Å². The minimum atomic E-state index is -0.910. The minimum absolute atomic E-state index is 0.0663. The maximum absolute atomic E-state index is 13.4. The number of amides is 1. The van der Waals surface area contributed by atoms with Gasteiger partial charge in [-0.1, -0.05) is 30.4 Å². The Morgan fingerprint density at radius 2 is 1.71 bits per heavy atom. The zero-order valence-electron chi connectivity index (χ0n) is 16.8. The first-order valence-corrected chi connectivity index (χ1v) is 10.1. The van der Waals surface area contributed by atoms with Gasteiger partial charge in [-0.15, -0.1) is 0 Å². The average molecular weight is 423 g/mol. The number of carbonyl (C=O) groups excluding carboxylic acids is 1. The molecule has 0 radical (unpaired) electrons. The van der Waals surface area contributed by atoms with Crippen LogP contribution in [0.1, 0.15) is 24.5 Å². The second kappa shape index (κ2) is 8.47. The van der Waals surface area contributed by atoms with Gasteiger partial charge in [0, 0.05) is 11.6 Å². The average Bonchev–Trinajstić information content (AvgIpc) is 2.74. The monoisotopic (exact) mass is 423 g/mol. The van der Waals surface area contributed by atoms with E-state index < -0.39 is 12.0 Å². The van der Waals surface area contributed by atoms with E-state index in [0.29, 0.717) is 23.2 Å².